The molecule has 1 N–H and O–H groups in total. The molecule has 0 fully saturated rings. The maximum atomic E-state index is 15.0. The van der Waals surface area contributed by atoms with E-state index < -0.39 is 17.3 Å². The molecule has 0 bridgehead atoms. The molecule has 0 spiro atoms. The van der Waals surface area contributed by atoms with Crippen LogP contribution >= 0.6 is 0 Å². The van der Waals surface area contributed by atoms with Crippen LogP contribution in [-0.4, -0.2) is 25.1 Å². The van der Waals surface area contributed by atoms with Crippen LogP contribution in [0.15, 0.2) is 109 Å². The minimum atomic E-state index is -0.891. The summed E-state index contributed by atoms with van der Waals surface area (Å²) in [4.78, 5) is 18.1. The van der Waals surface area contributed by atoms with Crippen molar-refractivity contribution in [3.8, 4) is 0 Å². The van der Waals surface area contributed by atoms with Gasteiger partial charge in [-0.3, -0.25) is 9.63 Å². The number of hydrogen-bond donors (Lipinski definition) is 1. The predicted molar refractivity (Wildman–Crippen MR) is 128 cm³/mol. The fourth-order valence-corrected chi connectivity index (χ4v) is 4.07. The zero-order valence-corrected chi connectivity index (χ0v) is 18.5. The summed E-state index contributed by atoms with van der Waals surface area (Å²) in [6, 6.07) is 34.4. The highest BCUT2D eigenvalue weighted by atomic mass is 19.1. The molecule has 0 saturated heterocycles. The standard InChI is InChI=1S/C28H25FN2O2/c1-31(33-2)27(32)26-24(29)19-12-20-25(26)30-28(21-13-6-3-7-14-21,22-15-8-4-9-16-22)23-17-10-5-11-18-23/h3-20,30H,1-2H3. The molecule has 33 heavy (non-hydrogen) atoms. The Hall–Kier alpha value is -3.96. The van der Waals surface area contributed by atoms with Gasteiger partial charge in [0.15, 0.2) is 0 Å². The molecule has 4 nitrogen and oxygen atoms in total. The summed E-state index contributed by atoms with van der Waals surface area (Å²) in [5.74, 6) is -1.21. The number of halogens is 1. The normalized spacial score (nSPS) is 11.1. The van der Waals surface area contributed by atoms with E-state index in [1.807, 2.05) is 91.0 Å². The van der Waals surface area contributed by atoms with Gasteiger partial charge in [0, 0.05) is 7.05 Å². The highest BCUT2D eigenvalue weighted by Crippen LogP contribution is 2.41. The van der Waals surface area contributed by atoms with Crippen molar-refractivity contribution < 1.29 is 14.0 Å². The summed E-state index contributed by atoms with van der Waals surface area (Å²) in [6.07, 6.45) is 0. The van der Waals surface area contributed by atoms with E-state index in [1.165, 1.54) is 20.2 Å². The molecule has 0 radical (unpaired) electrons. The third-order valence-corrected chi connectivity index (χ3v) is 5.73. The van der Waals surface area contributed by atoms with Crippen LogP contribution < -0.4 is 5.32 Å². The molecular weight excluding hydrogens is 415 g/mol. The number of hydrogen-bond acceptors (Lipinski definition) is 3. The molecule has 1 amide bonds. The summed E-state index contributed by atoms with van der Waals surface area (Å²) >= 11 is 0. The Morgan fingerprint density at radius 1 is 0.758 bits per heavy atom. The number of carbonyl (C=O) groups is 1. The molecular formula is C28H25FN2O2. The van der Waals surface area contributed by atoms with Gasteiger partial charge < -0.3 is 5.32 Å². The average molecular weight is 441 g/mol. The molecule has 0 saturated carbocycles. The Bertz CT molecular complexity index is 1120. The van der Waals surface area contributed by atoms with Crippen molar-refractivity contribution in [1.29, 1.82) is 0 Å². The Morgan fingerprint density at radius 2 is 1.21 bits per heavy atom. The third-order valence-electron chi connectivity index (χ3n) is 5.73. The molecule has 0 heterocycles. The number of rotatable bonds is 7. The van der Waals surface area contributed by atoms with Gasteiger partial charge in [0.2, 0.25) is 0 Å². The fraction of sp³-hybridized carbons (Fsp3) is 0.107. The number of hydroxylamine groups is 2. The molecule has 0 aliphatic carbocycles. The van der Waals surface area contributed by atoms with Crippen LogP contribution in [0.1, 0.15) is 27.0 Å². The van der Waals surface area contributed by atoms with Crippen LogP contribution in [0.25, 0.3) is 0 Å². The largest absolute Gasteiger partial charge is 0.367 e. The van der Waals surface area contributed by atoms with Gasteiger partial charge in [0.1, 0.15) is 16.9 Å². The fourth-order valence-electron chi connectivity index (χ4n) is 4.07. The summed E-state index contributed by atoms with van der Waals surface area (Å²) in [6.45, 7) is 0. The second kappa shape index (κ2) is 9.67. The maximum absolute atomic E-state index is 15.0. The second-order valence-corrected chi connectivity index (χ2v) is 7.62. The maximum Gasteiger partial charge on any atom is 0.282 e. The SMILES string of the molecule is CON(C)C(=O)c1c(F)cccc1NC(c1ccccc1)(c1ccccc1)c1ccccc1. The summed E-state index contributed by atoms with van der Waals surface area (Å²) in [5.41, 5.74) is 2.23. The van der Waals surface area contributed by atoms with Crippen LogP contribution in [0.5, 0.6) is 0 Å². The van der Waals surface area contributed by atoms with Crippen LogP contribution in [0, 0.1) is 5.82 Å². The highest BCUT2D eigenvalue weighted by molar-refractivity contribution is 5.99. The van der Waals surface area contributed by atoms with Crippen molar-refractivity contribution in [2.75, 3.05) is 19.5 Å². The van der Waals surface area contributed by atoms with Crippen LogP contribution in [-0.2, 0) is 10.4 Å². The number of nitrogens with one attached hydrogen (secondary N) is 1. The smallest absolute Gasteiger partial charge is 0.282 e. The molecule has 0 aliphatic heterocycles. The van der Waals surface area contributed by atoms with Gasteiger partial charge in [-0.25, -0.2) is 9.45 Å². The van der Waals surface area contributed by atoms with Gasteiger partial charge in [-0.2, -0.15) is 0 Å². The van der Waals surface area contributed by atoms with E-state index in [2.05, 4.69) is 5.32 Å². The van der Waals surface area contributed by atoms with E-state index in [9.17, 15) is 4.79 Å². The van der Waals surface area contributed by atoms with Crippen molar-refractivity contribution in [3.05, 3.63) is 137 Å². The van der Waals surface area contributed by atoms with Crippen molar-refractivity contribution in [3.63, 3.8) is 0 Å². The number of amides is 1. The first-order valence-corrected chi connectivity index (χ1v) is 10.6. The zero-order valence-electron chi connectivity index (χ0n) is 18.5. The first kappa shape index (κ1) is 22.2. The Morgan fingerprint density at radius 3 is 1.64 bits per heavy atom. The summed E-state index contributed by atoms with van der Waals surface area (Å²) in [7, 11) is 2.82. The quantitative estimate of drug-likeness (QED) is 0.289. The molecule has 4 rings (SSSR count). The number of benzene rings is 4. The molecule has 4 aromatic carbocycles. The number of carbonyl (C=O) groups excluding carboxylic acids is 1. The van der Waals surface area contributed by atoms with Gasteiger partial charge in [-0.1, -0.05) is 97.1 Å². The van der Waals surface area contributed by atoms with Gasteiger partial charge in [0.25, 0.3) is 5.91 Å². The molecule has 0 unspecified atom stereocenters. The monoisotopic (exact) mass is 440 g/mol. The molecule has 0 aliphatic rings. The van der Waals surface area contributed by atoms with Gasteiger partial charge in [-0.05, 0) is 28.8 Å². The van der Waals surface area contributed by atoms with E-state index in [4.69, 9.17) is 4.84 Å². The molecule has 166 valence electrons. The predicted octanol–water partition coefficient (Wildman–Crippen LogP) is 5.86. The van der Waals surface area contributed by atoms with E-state index in [-0.39, 0.29) is 5.56 Å². The van der Waals surface area contributed by atoms with Crippen molar-refractivity contribution in [2.24, 2.45) is 0 Å². The van der Waals surface area contributed by atoms with Crippen molar-refractivity contribution >= 4 is 11.6 Å². The summed E-state index contributed by atoms with van der Waals surface area (Å²) in [5, 5.41) is 4.58. The van der Waals surface area contributed by atoms with E-state index in [0.29, 0.717) is 5.69 Å². The molecule has 0 aromatic heterocycles. The molecule has 0 atom stereocenters. The highest BCUT2D eigenvalue weighted by Gasteiger charge is 2.37. The topological polar surface area (TPSA) is 41.6 Å². The Balaban J connectivity index is 2.01. The zero-order chi connectivity index (χ0) is 23.3. The second-order valence-electron chi connectivity index (χ2n) is 7.62. The van der Waals surface area contributed by atoms with Crippen LogP contribution in [0.3, 0.4) is 0 Å². The minimum absolute atomic E-state index is 0.0889. The summed E-state index contributed by atoms with van der Waals surface area (Å²) < 4.78 is 15.0. The Labute approximate surface area is 193 Å². The number of anilines is 1. The molecule has 5 heteroatoms. The third kappa shape index (κ3) is 4.23. The van der Waals surface area contributed by atoms with Crippen molar-refractivity contribution in [1.82, 2.24) is 5.06 Å². The van der Waals surface area contributed by atoms with Gasteiger partial charge in [0.05, 0.1) is 12.8 Å². The first-order chi connectivity index (χ1) is 16.1. The molecule has 4 aromatic rings. The number of nitrogens with zero attached hydrogens (tertiary/aromatic N) is 1. The first-order valence-electron chi connectivity index (χ1n) is 10.6. The lowest BCUT2D eigenvalue weighted by atomic mass is 9.76. The Kier molecular flexibility index (Phi) is 6.52. The van der Waals surface area contributed by atoms with Crippen molar-refractivity contribution in [2.45, 2.75) is 5.54 Å². The minimum Gasteiger partial charge on any atom is -0.367 e. The van der Waals surface area contributed by atoms with E-state index >= 15 is 4.39 Å². The lowest BCUT2D eigenvalue weighted by Gasteiger charge is -2.38. The van der Waals surface area contributed by atoms with Gasteiger partial charge in [-0.15, -0.1) is 0 Å². The average Bonchev–Trinajstić information content (AvgIpc) is 2.88. The van der Waals surface area contributed by atoms with Gasteiger partial charge >= 0.3 is 0 Å². The van der Waals surface area contributed by atoms with Crippen LogP contribution in [0.2, 0.25) is 0 Å². The lowest BCUT2D eigenvalue weighted by molar-refractivity contribution is -0.0758. The lowest BCUT2D eigenvalue weighted by Crippen LogP contribution is -2.39. The van der Waals surface area contributed by atoms with E-state index in [0.717, 1.165) is 21.8 Å². The van der Waals surface area contributed by atoms with Crippen LogP contribution in [0.4, 0.5) is 10.1 Å². The van der Waals surface area contributed by atoms with E-state index in [1.54, 1.807) is 12.1 Å².